The van der Waals surface area contributed by atoms with Crippen molar-refractivity contribution in [3.8, 4) is 0 Å². The number of aryl methyl sites for hydroxylation is 1. The summed E-state index contributed by atoms with van der Waals surface area (Å²) in [6, 6.07) is 2.46. The zero-order valence-corrected chi connectivity index (χ0v) is 12.5. The third-order valence-corrected chi connectivity index (χ3v) is 3.20. The van der Waals surface area contributed by atoms with Crippen LogP contribution in [-0.2, 0) is 19.4 Å². The first-order valence-electron chi connectivity index (χ1n) is 6.18. The number of alkyl halides is 6. The molecule has 2 aromatic rings. The number of rotatable bonds is 2. The second-order valence-electron chi connectivity index (χ2n) is 4.71. The van der Waals surface area contributed by atoms with Crippen LogP contribution >= 0.6 is 11.6 Å². The number of hydrogen-bond acceptors (Lipinski definition) is 2. The highest BCUT2D eigenvalue weighted by Gasteiger charge is 2.39. The summed E-state index contributed by atoms with van der Waals surface area (Å²) in [5, 5.41) is 4.52. The fourth-order valence-corrected chi connectivity index (χ4v) is 2.11. The SMILES string of the molecule is Cn1cc(C(=O)Nc2ccc(Cl)c(C(F)(F)F)c2)c(C(F)(F)F)n1. The number of aromatic nitrogens is 2. The standard InChI is InChI=1S/C13H8ClF6N3O/c1-23-5-7(10(22-23)13(18,19)20)11(24)21-6-2-3-9(14)8(4-6)12(15,16)17/h2-5H,1H3,(H,21,24). The molecule has 2 rings (SSSR count). The van der Waals surface area contributed by atoms with Gasteiger partial charge in [0.25, 0.3) is 5.91 Å². The molecule has 0 aliphatic carbocycles. The van der Waals surface area contributed by atoms with Crippen LogP contribution in [0.5, 0.6) is 0 Å². The van der Waals surface area contributed by atoms with Crippen LogP contribution in [0.4, 0.5) is 32.0 Å². The average Bonchev–Trinajstić information content (AvgIpc) is 2.82. The summed E-state index contributed by atoms with van der Waals surface area (Å²) >= 11 is 5.43. The van der Waals surface area contributed by atoms with E-state index < -0.39 is 40.1 Å². The molecule has 1 N–H and O–H groups in total. The van der Waals surface area contributed by atoms with Gasteiger partial charge in [-0.3, -0.25) is 9.48 Å². The maximum absolute atomic E-state index is 12.8. The van der Waals surface area contributed by atoms with Gasteiger partial charge in [0.2, 0.25) is 0 Å². The summed E-state index contributed by atoms with van der Waals surface area (Å²) in [7, 11) is 1.18. The molecule has 0 aliphatic heterocycles. The molecule has 0 fully saturated rings. The highest BCUT2D eigenvalue weighted by Crippen LogP contribution is 2.36. The van der Waals surface area contributed by atoms with Gasteiger partial charge >= 0.3 is 12.4 Å². The van der Waals surface area contributed by atoms with Crippen molar-refractivity contribution < 1.29 is 31.1 Å². The third-order valence-electron chi connectivity index (χ3n) is 2.87. The second kappa shape index (κ2) is 6.00. The largest absolute Gasteiger partial charge is 0.435 e. The van der Waals surface area contributed by atoms with E-state index >= 15 is 0 Å². The summed E-state index contributed by atoms with van der Waals surface area (Å²) in [4.78, 5) is 12.0. The van der Waals surface area contributed by atoms with Crippen LogP contribution in [-0.4, -0.2) is 15.7 Å². The quantitative estimate of drug-likeness (QED) is 0.797. The van der Waals surface area contributed by atoms with Gasteiger partial charge in [0.15, 0.2) is 5.69 Å². The lowest BCUT2D eigenvalue weighted by molar-refractivity contribution is -0.141. The Balaban J connectivity index is 2.35. The number of halogens is 7. The Kier molecular flexibility index (Phi) is 4.53. The van der Waals surface area contributed by atoms with E-state index in [1.807, 2.05) is 5.32 Å². The fourth-order valence-electron chi connectivity index (χ4n) is 1.88. The third kappa shape index (κ3) is 3.81. The van der Waals surface area contributed by atoms with Crippen LogP contribution in [0.25, 0.3) is 0 Å². The van der Waals surface area contributed by atoms with Crippen molar-refractivity contribution in [3.63, 3.8) is 0 Å². The minimum absolute atomic E-state index is 0.353. The lowest BCUT2D eigenvalue weighted by atomic mass is 10.1. The molecule has 0 unspecified atom stereocenters. The Morgan fingerprint density at radius 3 is 2.33 bits per heavy atom. The molecule has 1 amide bonds. The van der Waals surface area contributed by atoms with E-state index in [0.29, 0.717) is 6.07 Å². The lowest BCUT2D eigenvalue weighted by Gasteiger charge is -2.12. The van der Waals surface area contributed by atoms with Gasteiger partial charge in [-0.05, 0) is 18.2 Å². The summed E-state index contributed by atoms with van der Waals surface area (Å²) in [5.74, 6) is -1.24. The van der Waals surface area contributed by atoms with Crippen molar-refractivity contribution in [1.29, 1.82) is 0 Å². The van der Waals surface area contributed by atoms with E-state index in [4.69, 9.17) is 11.6 Å². The lowest BCUT2D eigenvalue weighted by Crippen LogP contribution is -2.18. The van der Waals surface area contributed by atoms with Gasteiger partial charge < -0.3 is 5.32 Å². The van der Waals surface area contributed by atoms with Crippen LogP contribution < -0.4 is 5.32 Å². The van der Waals surface area contributed by atoms with Gasteiger partial charge in [-0.15, -0.1) is 0 Å². The van der Waals surface area contributed by atoms with Gasteiger partial charge in [0, 0.05) is 18.9 Å². The predicted octanol–water partition coefficient (Wildman–Crippen LogP) is 4.36. The highest BCUT2D eigenvalue weighted by molar-refractivity contribution is 6.31. The molecule has 4 nitrogen and oxygen atoms in total. The van der Waals surface area contributed by atoms with Gasteiger partial charge in [0.05, 0.1) is 16.1 Å². The monoisotopic (exact) mass is 371 g/mol. The molecular weight excluding hydrogens is 364 g/mol. The maximum Gasteiger partial charge on any atom is 0.435 e. The van der Waals surface area contributed by atoms with E-state index in [-0.39, 0.29) is 5.69 Å². The molecule has 0 aliphatic rings. The first kappa shape index (κ1) is 18.1. The smallest absolute Gasteiger partial charge is 0.322 e. The van der Waals surface area contributed by atoms with E-state index in [1.54, 1.807) is 0 Å². The minimum atomic E-state index is -4.88. The number of nitrogens with one attached hydrogen (secondary N) is 1. The summed E-state index contributed by atoms with van der Waals surface area (Å²) in [5.41, 5.74) is -3.82. The van der Waals surface area contributed by atoms with E-state index in [1.165, 1.54) is 7.05 Å². The normalized spacial score (nSPS) is 12.3. The Hall–Kier alpha value is -2.23. The summed E-state index contributed by atoms with van der Waals surface area (Å²) in [6.07, 6.45) is -8.84. The zero-order chi connectivity index (χ0) is 18.3. The molecule has 0 spiro atoms. The van der Waals surface area contributed by atoms with Crippen LogP contribution in [0, 0.1) is 0 Å². The van der Waals surface area contributed by atoms with E-state index in [2.05, 4.69) is 5.10 Å². The van der Waals surface area contributed by atoms with E-state index in [9.17, 15) is 31.1 Å². The number of anilines is 1. The van der Waals surface area contributed by atoms with Crippen molar-refractivity contribution in [2.45, 2.75) is 12.4 Å². The second-order valence-corrected chi connectivity index (χ2v) is 5.12. The first-order valence-corrected chi connectivity index (χ1v) is 6.56. The Morgan fingerprint density at radius 2 is 1.79 bits per heavy atom. The molecule has 1 heterocycles. The molecule has 0 saturated carbocycles. The van der Waals surface area contributed by atoms with Gasteiger partial charge in [-0.2, -0.15) is 31.4 Å². The van der Waals surface area contributed by atoms with Crippen molar-refractivity contribution >= 4 is 23.2 Å². The van der Waals surface area contributed by atoms with Crippen molar-refractivity contribution in [2.75, 3.05) is 5.32 Å². The highest BCUT2D eigenvalue weighted by atomic mass is 35.5. The molecule has 1 aromatic heterocycles. The number of carbonyl (C=O) groups excluding carboxylic acids is 1. The van der Waals surface area contributed by atoms with Gasteiger partial charge in [-0.25, -0.2) is 0 Å². The number of benzene rings is 1. The summed E-state index contributed by atoms with van der Waals surface area (Å²) < 4.78 is 77.5. The molecule has 0 saturated heterocycles. The molecule has 130 valence electrons. The van der Waals surface area contributed by atoms with Gasteiger partial charge in [0.1, 0.15) is 0 Å². The Morgan fingerprint density at radius 1 is 1.17 bits per heavy atom. The molecule has 1 aromatic carbocycles. The molecule has 24 heavy (non-hydrogen) atoms. The maximum atomic E-state index is 12.8. The van der Waals surface area contributed by atoms with Crippen LogP contribution in [0.1, 0.15) is 21.6 Å². The first-order chi connectivity index (χ1) is 10.9. The predicted molar refractivity (Wildman–Crippen MR) is 72.6 cm³/mol. The number of hydrogen-bond donors (Lipinski definition) is 1. The van der Waals surface area contributed by atoms with Crippen molar-refractivity contribution in [3.05, 3.63) is 46.2 Å². The van der Waals surface area contributed by atoms with E-state index in [0.717, 1.165) is 23.0 Å². The van der Waals surface area contributed by atoms with Crippen molar-refractivity contribution in [2.24, 2.45) is 7.05 Å². The molecule has 0 radical (unpaired) electrons. The number of nitrogens with zero attached hydrogens (tertiary/aromatic N) is 2. The average molecular weight is 372 g/mol. The minimum Gasteiger partial charge on any atom is -0.322 e. The van der Waals surface area contributed by atoms with Crippen LogP contribution in [0.2, 0.25) is 5.02 Å². The molecule has 0 bridgehead atoms. The number of carbonyl (C=O) groups is 1. The zero-order valence-electron chi connectivity index (χ0n) is 11.8. The Bertz CT molecular complexity index is 781. The number of amides is 1. The van der Waals surface area contributed by atoms with Gasteiger partial charge in [-0.1, -0.05) is 11.6 Å². The fraction of sp³-hybridized carbons (Fsp3) is 0.231. The topological polar surface area (TPSA) is 46.9 Å². The van der Waals surface area contributed by atoms with Crippen LogP contribution in [0.15, 0.2) is 24.4 Å². The molecular formula is C13H8ClF6N3O. The molecule has 0 atom stereocenters. The summed E-state index contributed by atoms with van der Waals surface area (Å²) in [6.45, 7) is 0. The van der Waals surface area contributed by atoms with Crippen LogP contribution in [0.3, 0.4) is 0 Å². The molecule has 11 heteroatoms. The Labute approximate surface area is 136 Å². The van der Waals surface area contributed by atoms with Crippen molar-refractivity contribution in [1.82, 2.24) is 9.78 Å².